The lowest BCUT2D eigenvalue weighted by molar-refractivity contribution is -0.129. The van der Waals surface area contributed by atoms with Crippen LogP contribution in [0.4, 0.5) is 10.4 Å². The van der Waals surface area contributed by atoms with Crippen molar-refractivity contribution in [2.45, 2.75) is 32.9 Å². The highest BCUT2D eigenvalue weighted by molar-refractivity contribution is 5.73. The molecule has 0 bridgehead atoms. The minimum absolute atomic E-state index is 0.0321. The Morgan fingerprint density at radius 1 is 1.25 bits per heavy atom. The lowest BCUT2D eigenvalue weighted by Crippen LogP contribution is -2.28. The van der Waals surface area contributed by atoms with Gasteiger partial charge in [0.25, 0.3) is 0 Å². The summed E-state index contributed by atoms with van der Waals surface area (Å²) in [4.78, 5) is 18.0. The first-order valence-electron chi connectivity index (χ1n) is 9.21. The molecule has 2 heterocycles. The molecule has 3 aromatic rings. The summed E-state index contributed by atoms with van der Waals surface area (Å²) in [7, 11) is 0. The molecule has 1 unspecified atom stereocenters. The number of nitrogens with one attached hydrogen (secondary N) is 1. The van der Waals surface area contributed by atoms with E-state index >= 15 is 0 Å². The molecule has 0 spiro atoms. The topological polar surface area (TPSA) is 71.3 Å². The van der Waals surface area contributed by atoms with E-state index in [1.165, 1.54) is 19.1 Å². The number of benzene rings is 2. The van der Waals surface area contributed by atoms with E-state index in [-0.39, 0.29) is 17.8 Å². The Kier molecular flexibility index (Phi) is 4.81. The maximum Gasteiger partial charge on any atom is 0.322 e. The van der Waals surface area contributed by atoms with E-state index in [0.717, 1.165) is 22.3 Å². The fraction of sp³-hybridized carbons (Fsp3) is 0.286. The molecular formula is C21H21FN4O2. The number of nitrogens with zero attached hydrogens (tertiary/aromatic N) is 3. The summed E-state index contributed by atoms with van der Waals surface area (Å²) in [5.41, 5.74) is 3.74. The van der Waals surface area contributed by atoms with Gasteiger partial charge in [-0.3, -0.25) is 4.79 Å². The molecule has 4 rings (SSSR count). The number of carbonyl (C=O) groups excluding carboxylic acids is 1. The zero-order valence-electron chi connectivity index (χ0n) is 15.8. The van der Waals surface area contributed by atoms with Gasteiger partial charge in [0, 0.05) is 25.6 Å². The molecule has 0 aliphatic carbocycles. The molecule has 144 valence electrons. The van der Waals surface area contributed by atoms with Crippen molar-refractivity contribution in [2.24, 2.45) is 0 Å². The van der Waals surface area contributed by atoms with Crippen LogP contribution in [0.1, 0.15) is 36.1 Å². The highest BCUT2D eigenvalue weighted by atomic mass is 19.1. The summed E-state index contributed by atoms with van der Waals surface area (Å²) in [6, 6.07) is 12.7. The van der Waals surface area contributed by atoms with Gasteiger partial charge in [-0.25, -0.2) is 4.39 Å². The van der Waals surface area contributed by atoms with Crippen LogP contribution in [0.15, 0.2) is 47.0 Å². The average Bonchev–Trinajstić information content (AvgIpc) is 3.05. The SMILES string of the molecule is CC(=O)N1CCC(Nc2nc(-c3ccc(C)cc3)no2)c2ccc(F)cc2C1. The van der Waals surface area contributed by atoms with Gasteiger partial charge >= 0.3 is 6.01 Å². The van der Waals surface area contributed by atoms with Crippen LogP contribution in [0.2, 0.25) is 0 Å². The zero-order chi connectivity index (χ0) is 19.7. The largest absolute Gasteiger partial charge is 0.339 e. The fourth-order valence-electron chi connectivity index (χ4n) is 3.45. The predicted octanol–water partition coefficient (Wildman–Crippen LogP) is 4.09. The third kappa shape index (κ3) is 3.74. The minimum Gasteiger partial charge on any atom is -0.339 e. The Morgan fingerprint density at radius 2 is 2.04 bits per heavy atom. The third-order valence-electron chi connectivity index (χ3n) is 5.01. The van der Waals surface area contributed by atoms with Crippen LogP contribution in [0, 0.1) is 12.7 Å². The van der Waals surface area contributed by atoms with Gasteiger partial charge in [-0.15, -0.1) is 0 Å². The second kappa shape index (κ2) is 7.42. The summed E-state index contributed by atoms with van der Waals surface area (Å²) in [6.45, 7) is 4.49. The quantitative estimate of drug-likeness (QED) is 0.741. The number of aryl methyl sites for hydroxylation is 1. The van der Waals surface area contributed by atoms with Gasteiger partial charge in [-0.1, -0.05) is 41.1 Å². The van der Waals surface area contributed by atoms with E-state index in [1.54, 1.807) is 11.0 Å². The first-order chi connectivity index (χ1) is 13.5. The number of carbonyl (C=O) groups is 1. The number of halogens is 1. The van der Waals surface area contributed by atoms with E-state index in [9.17, 15) is 9.18 Å². The second-order valence-corrected chi connectivity index (χ2v) is 7.06. The first-order valence-corrected chi connectivity index (χ1v) is 9.21. The normalized spacial score (nSPS) is 16.4. The molecule has 1 N–H and O–H groups in total. The predicted molar refractivity (Wildman–Crippen MR) is 103 cm³/mol. The molecule has 28 heavy (non-hydrogen) atoms. The Morgan fingerprint density at radius 3 is 2.79 bits per heavy atom. The van der Waals surface area contributed by atoms with Gasteiger partial charge in [0.1, 0.15) is 5.82 Å². The molecule has 1 atom stereocenters. The summed E-state index contributed by atoms with van der Waals surface area (Å²) < 4.78 is 19.1. The van der Waals surface area contributed by atoms with Crippen molar-refractivity contribution in [3.05, 3.63) is 65.0 Å². The van der Waals surface area contributed by atoms with E-state index in [0.29, 0.717) is 31.3 Å². The first kappa shape index (κ1) is 18.2. The average molecular weight is 380 g/mol. The molecule has 1 amide bonds. The summed E-state index contributed by atoms with van der Waals surface area (Å²) in [5.74, 6) is 0.151. The maximum atomic E-state index is 13.8. The number of fused-ring (bicyclic) bond motifs is 1. The van der Waals surface area contributed by atoms with Crippen LogP contribution < -0.4 is 5.32 Å². The molecule has 0 saturated carbocycles. The Labute approximate surface area is 162 Å². The van der Waals surface area contributed by atoms with Crippen molar-refractivity contribution in [2.75, 3.05) is 11.9 Å². The molecule has 6 nitrogen and oxygen atoms in total. The van der Waals surface area contributed by atoms with Crippen molar-refractivity contribution in [3.63, 3.8) is 0 Å². The smallest absolute Gasteiger partial charge is 0.322 e. The van der Waals surface area contributed by atoms with Crippen LogP contribution in [-0.2, 0) is 11.3 Å². The Bertz CT molecular complexity index is 1000. The van der Waals surface area contributed by atoms with Crippen LogP contribution in [0.3, 0.4) is 0 Å². The third-order valence-corrected chi connectivity index (χ3v) is 5.01. The number of rotatable bonds is 3. The van der Waals surface area contributed by atoms with Crippen molar-refractivity contribution < 1.29 is 13.7 Å². The zero-order valence-corrected chi connectivity index (χ0v) is 15.8. The minimum atomic E-state index is -0.317. The molecule has 0 fully saturated rings. The molecule has 0 saturated heterocycles. The van der Waals surface area contributed by atoms with Crippen molar-refractivity contribution in [1.29, 1.82) is 0 Å². The lowest BCUT2D eigenvalue weighted by atomic mass is 9.99. The maximum absolute atomic E-state index is 13.8. The van der Waals surface area contributed by atoms with Crippen LogP contribution in [0.5, 0.6) is 0 Å². The van der Waals surface area contributed by atoms with E-state index in [4.69, 9.17) is 4.52 Å². The Balaban J connectivity index is 1.59. The number of aromatic nitrogens is 2. The Hall–Kier alpha value is -3.22. The summed E-state index contributed by atoms with van der Waals surface area (Å²) in [5, 5.41) is 7.30. The van der Waals surface area contributed by atoms with Gasteiger partial charge in [0.15, 0.2) is 0 Å². The van der Waals surface area contributed by atoms with Gasteiger partial charge < -0.3 is 14.7 Å². The van der Waals surface area contributed by atoms with Crippen molar-refractivity contribution >= 4 is 11.9 Å². The number of amides is 1. The fourth-order valence-corrected chi connectivity index (χ4v) is 3.45. The van der Waals surface area contributed by atoms with Crippen LogP contribution in [-0.4, -0.2) is 27.5 Å². The van der Waals surface area contributed by atoms with Gasteiger partial charge in [0.2, 0.25) is 11.7 Å². The molecule has 7 heteroatoms. The molecule has 0 radical (unpaired) electrons. The van der Waals surface area contributed by atoms with Crippen LogP contribution >= 0.6 is 0 Å². The van der Waals surface area contributed by atoms with Gasteiger partial charge in [0.05, 0.1) is 6.04 Å². The highest BCUT2D eigenvalue weighted by Gasteiger charge is 2.25. The molecular weight excluding hydrogens is 359 g/mol. The lowest BCUT2D eigenvalue weighted by Gasteiger charge is -2.18. The van der Waals surface area contributed by atoms with E-state index < -0.39 is 0 Å². The molecule has 1 aliphatic heterocycles. The standard InChI is InChI=1S/C21H21FN4O2/c1-13-3-5-15(6-4-13)20-24-21(28-25-20)23-19-9-10-26(14(2)27)12-16-11-17(22)7-8-18(16)19/h3-8,11,19H,9-10,12H2,1-2H3,(H,23,24,25). The van der Waals surface area contributed by atoms with Crippen LogP contribution in [0.25, 0.3) is 11.4 Å². The van der Waals surface area contributed by atoms with Gasteiger partial charge in [-0.2, -0.15) is 4.98 Å². The number of anilines is 1. The monoisotopic (exact) mass is 380 g/mol. The molecule has 1 aromatic heterocycles. The summed E-state index contributed by atoms with van der Waals surface area (Å²) >= 11 is 0. The van der Waals surface area contributed by atoms with Crippen molar-refractivity contribution in [1.82, 2.24) is 15.0 Å². The second-order valence-electron chi connectivity index (χ2n) is 7.06. The number of hydrogen-bond acceptors (Lipinski definition) is 5. The van der Waals surface area contributed by atoms with Crippen molar-refractivity contribution in [3.8, 4) is 11.4 Å². The molecule has 1 aliphatic rings. The molecule has 2 aromatic carbocycles. The van der Waals surface area contributed by atoms with E-state index in [1.807, 2.05) is 31.2 Å². The number of hydrogen-bond donors (Lipinski definition) is 1. The van der Waals surface area contributed by atoms with Gasteiger partial charge in [-0.05, 0) is 36.6 Å². The summed E-state index contributed by atoms with van der Waals surface area (Å²) in [6.07, 6.45) is 0.653. The highest BCUT2D eigenvalue weighted by Crippen LogP contribution is 2.30. The van der Waals surface area contributed by atoms with E-state index in [2.05, 4.69) is 15.5 Å².